The molecule has 1 atom stereocenters. The summed E-state index contributed by atoms with van der Waals surface area (Å²) in [6.45, 7) is 4.36. The Bertz CT molecular complexity index is 255. The second-order valence-electron chi connectivity index (χ2n) is 3.04. The second kappa shape index (κ2) is 3.58. The summed E-state index contributed by atoms with van der Waals surface area (Å²) in [5.41, 5.74) is 6.50. The Morgan fingerprint density at radius 1 is 1.75 bits per heavy atom. The summed E-state index contributed by atoms with van der Waals surface area (Å²) >= 11 is 0. The Labute approximate surface area is 72.3 Å². The third kappa shape index (κ3) is 2.23. The van der Waals surface area contributed by atoms with Gasteiger partial charge in [0, 0.05) is 19.2 Å². The maximum absolute atomic E-state index is 5.54. The van der Waals surface area contributed by atoms with Gasteiger partial charge in [0.25, 0.3) is 0 Å². The van der Waals surface area contributed by atoms with Crippen molar-refractivity contribution in [2.75, 3.05) is 6.61 Å². The fraction of sp³-hybridized carbons (Fsp3) is 0.625. The van der Waals surface area contributed by atoms with Gasteiger partial charge in [-0.05, 0) is 13.8 Å². The third-order valence-corrected chi connectivity index (χ3v) is 1.45. The van der Waals surface area contributed by atoms with Gasteiger partial charge in [-0.15, -0.1) is 0 Å². The van der Waals surface area contributed by atoms with Crippen molar-refractivity contribution >= 4 is 0 Å². The molecule has 12 heavy (non-hydrogen) atoms. The molecule has 0 saturated heterocycles. The zero-order valence-electron chi connectivity index (χ0n) is 7.74. The van der Waals surface area contributed by atoms with Crippen LogP contribution in [0.5, 0.6) is 5.88 Å². The highest BCUT2D eigenvalue weighted by Gasteiger charge is 2.03. The summed E-state index contributed by atoms with van der Waals surface area (Å²) in [5.74, 6) is 0.768. The molecule has 0 radical (unpaired) electrons. The average Bonchev–Trinajstić information content (AvgIpc) is 2.26. The number of nitrogens with two attached hydrogens (primary N) is 1. The summed E-state index contributed by atoms with van der Waals surface area (Å²) in [5, 5.41) is 4.14. The molecule has 1 rings (SSSR count). The molecule has 1 heterocycles. The van der Waals surface area contributed by atoms with Crippen LogP contribution < -0.4 is 10.5 Å². The van der Waals surface area contributed by atoms with Crippen LogP contribution in [0.3, 0.4) is 0 Å². The van der Waals surface area contributed by atoms with Gasteiger partial charge in [-0.3, -0.25) is 0 Å². The molecule has 0 saturated carbocycles. The van der Waals surface area contributed by atoms with Gasteiger partial charge in [0.1, 0.15) is 6.61 Å². The molecule has 0 aliphatic rings. The fourth-order valence-corrected chi connectivity index (χ4v) is 0.939. The summed E-state index contributed by atoms with van der Waals surface area (Å²) in [7, 11) is 1.85. The molecule has 0 bridgehead atoms. The van der Waals surface area contributed by atoms with E-state index in [2.05, 4.69) is 5.10 Å². The van der Waals surface area contributed by atoms with Gasteiger partial charge in [0.05, 0.1) is 5.69 Å². The number of ether oxygens (including phenoxy) is 1. The van der Waals surface area contributed by atoms with Gasteiger partial charge >= 0.3 is 0 Å². The molecule has 4 heteroatoms. The van der Waals surface area contributed by atoms with Gasteiger partial charge in [-0.1, -0.05) is 0 Å². The molecule has 0 fully saturated rings. The molecule has 1 aromatic rings. The average molecular weight is 169 g/mol. The zero-order chi connectivity index (χ0) is 9.14. The maximum atomic E-state index is 5.54. The van der Waals surface area contributed by atoms with E-state index < -0.39 is 0 Å². The van der Waals surface area contributed by atoms with Gasteiger partial charge < -0.3 is 10.5 Å². The first kappa shape index (κ1) is 9.06. The van der Waals surface area contributed by atoms with E-state index in [0.717, 1.165) is 11.6 Å². The van der Waals surface area contributed by atoms with Crippen molar-refractivity contribution in [2.45, 2.75) is 19.9 Å². The second-order valence-corrected chi connectivity index (χ2v) is 3.04. The van der Waals surface area contributed by atoms with E-state index in [9.17, 15) is 0 Å². The van der Waals surface area contributed by atoms with Crippen molar-refractivity contribution in [1.82, 2.24) is 9.78 Å². The van der Waals surface area contributed by atoms with Crippen molar-refractivity contribution in [1.29, 1.82) is 0 Å². The molecular formula is C8H15N3O. The number of aryl methyl sites for hydroxylation is 2. The normalized spacial score (nSPS) is 13.0. The highest BCUT2D eigenvalue weighted by molar-refractivity contribution is 5.14. The minimum atomic E-state index is 0.0557. The third-order valence-electron chi connectivity index (χ3n) is 1.45. The number of hydrogen-bond acceptors (Lipinski definition) is 3. The number of hydrogen-bond donors (Lipinski definition) is 1. The summed E-state index contributed by atoms with van der Waals surface area (Å²) < 4.78 is 7.10. The molecule has 0 aromatic carbocycles. The Kier molecular flexibility index (Phi) is 2.70. The van der Waals surface area contributed by atoms with Crippen molar-refractivity contribution in [3.05, 3.63) is 11.8 Å². The fourth-order valence-electron chi connectivity index (χ4n) is 0.939. The van der Waals surface area contributed by atoms with Crippen LogP contribution in [-0.4, -0.2) is 22.4 Å². The lowest BCUT2D eigenvalue weighted by atomic mass is 10.4. The van der Waals surface area contributed by atoms with Gasteiger partial charge in [-0.2, -0.15) is 5.10 Å². The number of rotatable bonds is 3. The Balaban J connectivity index is 2.57. The smallest absolute Gasteiger partial charge is 0.211 e. The van der Waals surface area contributed by atoms with Crippen LogP contribution in [0.4, 0.5) is 0 Å². The molecule has 0 unspecified atom stereocenters. The van der Waals surface area contributed by atoms with Gasteiger partial charge in [0.2, 0.25) is 5.88 Å². The minimum absolute atomic E-state index is 0.0557. The van der Waals surface area contributed by atoms with Crippen molar-refractivity contribution < 1.29 is 4.74 Å². The topological polar surface area (TPSA) is 53.1 Å². The largest absolute Gasteiger partial charge is 0.476 e. The monoisotopic (exact) mass is 169 g/mol. The Morgan fingerprint density at radius 2 is 2.42 bits per heavy atom. The van der Waals surface area contributed by atoms with Gasteiger partial charge in [-0.25, -0.2) is 4.68 Å². The van der Waals surface area contributed by atoms with Crippen LogP contribution in [0, 0.1) is 6.92 Å². The van der Waals surface area contributed by atoms with Crippen LogP contribution in [0.2, 0.25) is 0 Å². The summed E-state index contributed by atoms with van der Waals surface area (Å²) in [6.07, 6.45) is 0. The van der Waals surface area contributed by atoms with E-state index in [4.69, 9.17) is 10.5 Å². The first-order chi connectivity index (χ1) is 5.59. The van der Waals surface area contributed by atoms with Crippen LogP contribution >= 0.6 is 0 Å². The number of aromatic nitrogens is 2. The molecule has 4 nitrogen and oxygen atoms in total. The Morgan fingerprint density at radius 3 is 2.83 bits per heavy atom. The highest BCUT2D eigenvalue weighted by atomic mass is 16.5. The minimum Gasteiger partial charge on any atom is -0.476 e. The van der Waals surface area contributed by atoms with Crippen LogP contribution in [0.25, 0.3) is 0 Å². The first-order valence-electron chi connectivity index (χ1n) is 3.98. The van der Waals surface area contributed by atoms with E-state index in [-0.39, 0.29) is 6.04 Å². The molecule has 68 valence electrons. The van der Waals surface area contributed by atoms with Crippen molar-refractivity contribution in [2.24, 2.45) is 12.8 Å². The van der Waals surface area contributed by atoms with Crippen molar-refractivity contribution in [3.63, 3.8) is 0 Å². The van der Waals surface area contributed by atoms with Crippen LogP contribution in [0.15, 0.2) is 6.07 Å². The molecule has 0 aliphatic heterocycles. The predicted molar refractivity (Wildman–Crippen MR) is 47.1 cm³/mol. The molecule has 0 aliphatic carbocycles. The van der Waals surface area contributed by atoms with Crippen molar-refractivity contribution in [3.8, 4) is 5.88 Å². The van der Waals surface area contributed by atoms with Crippen LogP contribution in [-0.2, 0) is 7.05 Å². The van der Waals surface area contributed by atoms with Gasteiger partial charge in [0.15, 0.2) is 0 Å². The number of nitrogens with zero attached hydrogens (tertiary/aromatic N) is 2. The summed E-state index contributed by atoms with van der Waals surface area (Å²) in [6, 6.07) is 1.95. The van der Waals surface area contributed by atoms with E-state index in [0.29, 0.717) is 6.61 Å². The predicted octanol–water partition coefficient (Wildman–Crippen LogP) is 0.455. The summed E-state index contributed by atoms with van der Waals surface area (Å²) in [4.78, 5) is 0. The van der Waals surface area contributed by atoms with E-state index in [1.165, 1.54) is 0 Å². The molecule has 2 N–H and O–H groups in total. The van der Waals surface area contributed by atoms with Crippen LogP contribution in [0.1, 0.15) is 12.6 Å². The quantitative estimate of drug-likeness (QED) is 0.715. The zero-order valence-corrected chi connectivity index (χ0v) is 7.74. The Hall–Kier alpha value is -1.03. The maximum Gasteiger partial charge on any atom is 0.211 e. The molecule has 0 spiro atoms. The van der Waals surface area contributed by atoms with E-state index in [1.807, 2.05) is 27.0 Å². The lowest BCUT2D eigenvalue weighted by molar-refractivity contribution is 0.272. The first-order valence-corrected chi connectivity index (χ1v) is 3.98. The highest BCUT2D eigenvalue weighted by Crippen LogP contribution is 2.10. The van der Waals surface area contributed by atoms with E-state index >= 15 is 0 Å². The lowest BCUT2D eigenvalue weighted by Crippen LogP contribution is -2.24. The molecular weight excluding hydrogens is 154 g/mol. The standard InChI is InChI=1S/C8H15N3O/c1-6(9)5-12-8-4-7(2)10-11(8)3/h4,6H,5,9H2,1-3H3/t6-/m0/s1. The molecule has 1 aromatic heterocycles. The lowest BCUT2D eigenvalue weighted by Gasteiger charge is -2.07. The van der Waals surface area contributed by atoms with E-state index in [1.54, 1.807) is 4.68 Å². The molecule has 0 amide bonds. The SMILES string of the molecule is Cc1cc(OC[C@H](C)N)n(C)n1.